The molecule has 0 bridgehead atoms. The largest absolute Gasteiger partial charge is 0.460 e. The predicted molar refractivity (Wildman–Crippen MR) is 74.6 cm³/mol. The highest BCUT2D eigenvalue weighted by Crippen LogP contribution is 2.13. The zero-order chi connectivity index (χ0) is 15.5. The molecule has 2 N–H and O–H groups in total. The Bertz CT molecular complexity index is 441. The van der Waals surface area contributed by atoms with Gasteiger partial charge in [0, 0.05) is 12.8 Å². The maximum absolute atomic E-state index is 13.4. The van der Waals surface area contributed by atoms with Gasteiger partial charge in [-0.3, -0.25) is 0 Å². The van der Waals surface area contributed by atoms with E-state index in [4.69, 9.17) is 24.7 Å². The Morgan fingerprint density at radius 3 is 2.38 bits per heavy atom. The van der Waals surface area contributed by atoms with Crippen LogP contribution in [0.25, 0.3) is 0 Å². The van der Waals surface area contributed by atoms with Gasteiger partial charge in [0.15, 0.2) is 0 Å². The topological polar surface area (TPSA) is 80.0 Å². The van der Waals surface area contributed by atoms with Crippen molar-refractivity contribution >= 4 is 11.7 Å². The molecule has 0 atom stereocenters. The number of esters is 1. The Hall–Kier alpha value is -1.70. The van der Waals surface area contributed by atoms with E-state index in [-0.39, 0.29) is 18.8 Å². The zero-order valence-corrected chi connectivity index (χ0v) is 12.0. The lowest BCUT2D eigenvalue weighted by Gasteiger charge is -2.07. The zero-order valence-electron chi connectivity index (χ0n) is 12.0. The molecule has 1 rings (SSSR count). The van der Waals surface area contributed by atoms with Crippen LogP contribution in [-0.4, -0.2) is 52.7 Å². The minimum Gasteiger partial charge on any atom is -0.460 e. The fraction of sp³-hybridized carbons (Fsp3) is 0.500. The Morgan fingerprint density at radius 1 is 1.10 bits per heavy atom. The molecule has 0 saturated carbocycles. The molecule has 0 spiro atoms. The van der Waals surface area contributed by atoms with Crippen LogP contribution in [0.1, 0.15) is 10.4 Å². The average molecular weight is 301 g/mol. The van der Waals surface area contributed by atoms with Gasteiger partial charge in [0.05, 0.1) is 38.6 Å². The molecule has 0 aromatic heterocycles. The lowest BCUT2D eigenvalue weighted by Crippen LogP contribution is -2.14. The molecule has 0 saturated heterocycles. The minimum atomic E-state index is -0.764. The number of halogens is 1. The second-order valence-electron chi connectivity index (χ2n) is 4.09. The molecule has 0 heterocycles. The summed E-state index contributed by atoms with van der Waals surface area (Å²) in [4.78, 5) is 11.6. The average Bonchev–Trinajstić information content (AvgIpc) is 2.48. The van der Waals surface area contributed by atoms with Crippen LogP contribution in [0, 0.1) is 5.82 Å². The third-order valence-electron chi connectivity index (χ3n) is 2.47. The maximum Gasteiger partial charge on any atom is 0.341 e. The monoisotopic (exact) mass is 301 g/mol. The summed E-state index contributed by atoms with van der Waals surface area (Å²) in [6, 6.07) is 3.74. The first-order chi connectivity index (χ1) is 10.1. The second-order valence-corrected chi connectivity index (χ2v) is 4.09. The van der Waals surface area contributed by atoms with Crippen molar-refractivity contribution in [3.8, 4) is 0 Å². The molecule has 0 aliphatic rings. The fourth-order valence-corrected chi connectivity index (χ4v) is 1.43. The van der Waals surface area contributed by atoms with E-state index in [2.05, 4.69) is 0 Å². The summed E-state index contributed by atoms with van der Waals surface area (Å²) in [6.07, 6.45) is 0. The second kappa shape index (κ2) is 10.1. The van der Waals surface area contributed by atoms with Crippen molar-refractivity contribution in [3.63, 3.8) is 0 Å². The van der Waals surface area contributed by atoms with Gasteiger partial charge in [-0.25, -0.2) is 9.18 Å². The first kappa shape index (κ1) is 17.4. The Morgan fingerprint density at radius 2 is 1.71 bits per heavy atom. The highest BCUT2D eigenvalue weighted by molar-refractivity contribution is 5.90. The van der Waals surface area contributed by atoms with E-state index in [9.17, 15) is 9.18 Å². The number of ether oxygens (including phenoxy) is 4. The van der Waals surface area contributed by atoms with Crippen LogP contribution in [0.4, 0.5) is 10.1 Å². The third kappa shape index (κ3) is 7.03. The van der Waals surface area contributed by atoms with Gasteiger partial charge >= 0.3 is 5.97 Å². The van der Waals surface area contributed by atoms with Crippen molar-refractivity contribution in [2.75, 3.05) is 52.5 Å². The molecule has 0 unspecified atom stereocenters. The summed E-state index contributed by atoms with van der Waals surface area (Å²) in [5, 5.41) is 0. The van der Waals surface area contributed by atoms with E-state index < -0.39 is 11.8 Å². The smallest absolute Gasteiger partial charge is 0.341 e. The van der Waals surface area contributed by atoms with Crippen molar-refractivity contribution < 1.29 is 28.1 Å². The number of nitrogen functional groups attached to an aromatic ring is 1. The van der Waals surface area contributed by atoms with Crippen molar-refractivity contribution in [2.45, 2.75) is 0 Å². The fourth-order valence-electron chi connectivity index (χ4n) is 1.43. The minimum absolute atomic E-state index is 0.0329. The predicted octanol–water partition coefficient (Wildman–Crippen LogP) is 1.24. The molecule has 0 amide bonds. The highest BCUT2D eigenvalue weighted by Gasteiger charge is 2.13. The van der Waals surface area contributed by atoms with Gasteiger partial charge < -0.3 is 24.7 Å². The molecule has 0 aliphatic carbocycles. The van der Waals surface area contributed by atoms with E-state index in [0.29, 0.717) is 32.1 Å². The summed E-state index contributed by atoms with van der Waals surface area (Å²) in [6.45, 7) is 2.09. The van der Waals surface area contributed by atoms with E-state index in [1.54, 1.807) is 7.11 Å². The molecule has 7 heteroatoms. The summed E-state index contributed by atoms with van der Waals surface area (Å²) < 4.78 is 33.5. The molecular formula is C14H20FNO5. The number of methoxy groups -OCH3 is 1. The van der Waals surface area contributed by atoms with Crippen molar-refractivity contribution in [1.82, 2.24) is 0 Å². The first-order valence-electron chi connectivity index (χ1n) is 6.51. The van der Waals surface area contributed by atoms with Crippen molar-refractivity contribution in [1.29, 1.82) is 0 Å². The van der Waals surface area contributed by atoms with Crippen LogP contribution in [0.5, 0.6) is 0 Å². The van der Waals surface area contributed by atoms with Crippen molar-refractivity contribution in [2.24, 2.45) is 0 Å². The number of anilines is 1. The third-order valence-corrected chi connectivity index (χ3v) is 2.47. The van der Waals surface area contributed by atoms with E-state index in [0.717, 1.165) is 6.07 Å². The highest BCUT2D eigenvalue weighted by atomic mass is 19.1. The standard InChI is InChI=1S/C14H20FNO5/c1-18-4-5-19-6-7-20-8-9-21-14(17)12-10-11(16)2-3-13(12)15/h2-3,10H,4-9,16H2,1H3. The number of benzene rings is 1. The van der Waals surface area contributed by atoms with Gasteiger partial charge in [0.25, 0.3) is 0 Å². The molecule has 1 aromatic rings. The Labute approximate surface area is 122 Å². The lowest BCUT2D eigenvalue weighted by molar-refractivity contribution is 0.00555. The van der Waals surface area contributed by atoms with Crippen LogP contribution in [-0.2, 0) is 18.9 Å². The summed E-state index contributed by atoms with van der Waals surface area (Å²) in [7, 11) is 1.59. The number of carbonyl (C=O) groups is 1. The Balaban J connectivity index is 2.12. The van der Waals surface area contributed by atoms with E-state index >= 15 is 0 Å². The molecule has 1 aromatic carbocycles. The first-order valence-corrected chi connectivity index (χ1v) is 6.51. The van der Waals surface area contributed by atoms with Gasteiger partial charge in [0.1, 0.15) is 12.4 Å². The van der Waals surface area contributed by atoms with Crippen LogP contribution in [0.2, 0.25) is 0 Å². The number of nitrogens with two attached hydrogens (primary N) is 1. The SMILES string of the molecule is COCCOCCOCCOC(=O)c1cc(N)ccc1F. The van der Waals surface area contributed by atoms with Gasteiger partial charge in [-0.2, -0.15) is 0 Å². The lowest BCUT2D eigenvalue weighted by atomic mass is 10.2. The normalized spacial score (nSPS) is 10.6. The molecule has 118 valence electrons. The molecule has 21 heavy (non-hydrogen) atoms. The molecule has 0 fully saturated rings. The van der Waals surface area contributed by atoms with Gasteiger partial charge in [-0.15, -0.1) is 0 Å². The van der Waals surface area contributed by atoms with Gasteiger partial charge in [0.2, 0.25) is 0 Å². The van der Waals surface area contributed by atoms with Crippen LogP contribution in [0.3, 0.4) is 0 Å². The number of carbonyl (C=O) groups excluding carboxylic acids is 1. The van der Waals surface area contributed by atoms with E-state index in [1.807, 2.05) is 0 Å². The summed E-state index contributed by atoms with van der Waals surface area (Å²) in [5.41, 5.74) is 5.60. The van der Waals surface area contributed by atoms with Crippen LogP contribution < -0.4 is 5.73 Å². The summed E-state index contributed by atoms with van der Waals surface area (Å²) in [5.74, 6) is -1.43. The number of hydrogen-bond donors (Lipinski definition) is 1. The maximum atomic E-state index is 13.4. The van der Waals surface area contributed by atoms with Crippen molar-refractivity contribution in [3.05, 3.63) is 29.6 Å². The van der Waals surface area contributed by atoms with E-state index in [1.165, 1.54) is 12.1 Å². The summed E-state index contributed by atoms with van der Waals surface area (Å²) >= 11 is 0. The molecular weight excluding hydrogens is 281 g/mol. The Kier molecular flexibility index (Phi) is 8.34. The van der Waals surface area contributed by atoms with Gasteiger partial charge in [-0.1, -0.05) is 0 Å². The number of hydrogen-bond acceptors (Lipinski definition) is 6. The molecule has 0 aliphatic heterocycles. The molecule has 0 radical (unpaired) electrons. The molecule has 6 nitrogen and oxygen atoms in total. The quantitative estimate of drug-likeness (QED) is 0.398. The van der Waals surface area contributed by atoms with Crippen LogP contribution >= 0.6 is 0 Å². The van der Waals surface area contributed by atoms with Gasteiger partial charge in [-0.05, 0) is 18.2 Å². The number of rotatable bonds is 10. The van der Waals surface area contributed by atoms with Crippen LogP contribution in [0.15, 0.2) is 18.2 Å².